The molecule has 0 bridgehead atoms. The molecule has 0 saturated heterocycles. The lowest BCUT2D eigenvalue weighted by Crippen LogP contribution is -2.12. The van der Waals surface area contributed by atoms with Crippen LogP contribution >= 0.6 is 0 Å². The summed E-state index contributed by atoms with van der Waals surface area (Å²) in [6.07, 6.45) is 2.82. The molecule has 7 nitrogen and oxygen atoms in total. The second-order valence-electron chi connectivity index (χ2n) is 2.21. The van der Waals surface area contributed by atoms with Crippen LogP contribution in [0.25, 0.3) is 0 Å². The van der Waals surface area contributed by atoms with Crippen LogP contribution in [0.5, 0.6) is 0 Å². The Kier molecular flexibility index (Phi) is 5.09. The van der Waals surface area contributed by atoms with Crippen molar-refractivity contribution in [1.29, 1.82) is 0 Å². The molecule has 0 aliphatic rings. The van der Waals surface area contributed by atoms with Gasteiger partial charge < -0.3 is 16.2 Å². The summed E-state index contributed by atoms with van der Waals surface area (Å²) in [6, 6.07) is 0. The van der Waals surface area contributed by atoms with E-state index in [1.807, 2.05) is 0 Å². The molecule has 0 saturated carbocycles. The summed E-state index contributed by atoms with van der Waals surface area (Å²) in [7, 11) is 0. The fourth-order valence-corrected chi connectivity index (χ4v) is 0.468. The molecule has 80 valence electrons. The molecule has 0 unspecified atom stereocenters. The van der Waals surface area contributed by atoms with Crippen LogP contribution in [-0.2, 0) is 23.9 Å². The lowest BCUT2D eigenvalue weighted by atomic mass is 10.4. The van der Waals surface area contributed by atoms with Crippen molar-refractivity contribution in [2.75, 3.05) is 0 Å². The largest absolute Gasteiger partial charge is 0.387 e. The summed E-state index contributed by atoms with van der Waals surface area (Å²) in [4.78, 5) is 41.8. The van der Waals surface area contributed by atoms with E-state index in [0.717, 1.165) is 12.2 Å². The lowest BCUT2D eigenvalue weighted by Gasteiger charge is -1.92. The summed E-state index contributed by atoms with van der Waals surface area (Å²) in [5.41, 5.74) is 9.35. The van der Waals surface area contributed by atoms with E-state index in [-0.39, 0.29) is 0 Å². The minimum absolute atomic E-state index is 0.679. The summed E-state index contributed by atoms with van der Waals surface area (Å²) >= 11 is 0. The van der Waals surface area contributed by atoms with E-state index in [4.69, 9.17) is 0 Å². The molecule has 0 spiro atoms. The molecule has 0 aliphatic heterocycles. The number of nitrogens with two attached hydrogens (primary N) is 2. The molecule has 4 N–H and O–H groups in total. The van der Waals surface area contributed by atoms with Crippen LogP contribution in [0, 0.1) is 0 Å². The number of carbonyl (C=O) groups is 4. The van der Waals surface area contributed by atoms with E-state index < -0.39 is 23.8 Å². The Morgan fingerprint density at radius 3 is 1.33 bits per heavy atom. The van der Waals surface area contributed by atoms with Gasteiger partial charge in [-0.2, -0.15) is 0 Å². The highest BCUT2D eigenvalue weighted by atomic mass is 16.6. The SMILES string of the molecule is NC(=O)/C=C\C(=O)OC(=O)/C=C\C(N)=O. The van der Waals surface area contributed by atoms with Gasteiger partial charge >= 0.3 is 11.9 Å². The van der Waals surface area contributed by atoms with Crippen LogP contribution in [0.15, 0.2) is 24.3 Å². The van der Waals surface area contributed by atoms with E-state index in [1.165, 1.54) is 0 Å². The topological polar surface area (TPSA) is 130 Å². The van der Waals surface area contributed by atoms with Gasteiger partial charge in [-0.05, 0) is 0 Å². The van der Waals surface area contributed by atoms with Gasteiger partial charge in [0.25, 0.3) is 0 Å². The normalized spacial score (nSPS) is 10.4. The van der Waals surface area contributed by atoms with Crippen molar-refractivity contribution in [2.45, 2.75) is 0 Å². The van der Waals surface area contributed by atoms with Crippen LogP contribution in [0.2, 0.25) is 0 Å². The number of rotatable bonds is 4. The molecule has 0 aromatic heterocycles. The summed E-state index contributed by atoms with van der Waals surface area (Å²) in [5.74, 6) is -3.86. The average Bonchev–Trinajstić information content (AvgIpc) is 2.11. The van der Waals surface area contributed by atoms with Crippen LogP contribution in [-0.4, -0.2) is 23.8 Å². The van der Waals surface area contributed by atoms with E-state index in [2.05, 4.69) is 16.2 Å². The Hall–Kier alpha value is -2.44. The lowest BCUT2D eigenvalue weighted by molar-refractivity contribution is -0.152. The molecule has 2 amide bonds. The Bertz CT molecular complexity index is 322. The first kappa shape index (κ1) is 12.6. The number of ether oxygens (including phenoxy) is 1. The highest BCUT2D eigenvalue weighted by Gasteiger charge is 2.03. The first-order valence-corrected chi connectivity index (χ1v) is 3.62. The smallest absolute Gasteiger partial charge is 0.338 e. The predicted octanol–water partition coefficient (Wildman–Crippen LogP) is -1.86. The molecule has 0 rings (SSSR count). The van der Waals surface area contributed by atoms with Gasteiger partial charge in [0, 0.05) is 24.3 Å². The van der Waals surface area contributed by atoms with Crippen LogP contribution in [0.3, 0.4) is 0 Å². The van der Waals surface area contributed by atoms with E-state index in [1.54, 1.807) is 0 Å². The zero-order valence-electron chi connectivity index (χ0n) is 7.51. The zero-order valence-corrected chi connectivity index (χ0v) is 7.51. The predicted molar refractivity (Wildman–Crippen MR) is 47.8 cm³/mol. The molecular weight excluding hydrogens is 204 g/mol. The summed E-state index contributed by atoms with van der Waals surface area (Å²) in [5, 5.41) is 0. The minimum atomic E-state index is -1.08. The fourth-order valence-electron chi connectivity index (χ4n) is 0.468. The van der Waals surface area contributed by atoms with Crippen molar-refractivity contribution in [3.8, 4) is 0 Å². The molecule has 0 atom stereocenters. The first-order chi connectivity index (χ1) is 6.91. The van der Waals surface area contributed by atoms with Crippen LogP contribution < -0.4 is 11.5 Å². The summed E-state index contributed by atoms with van der Waals surface area (Å²) < 4.78 is 4.08. The highest BCUT2D eigenvalue weighted by molar-refractivity contribution is 6.01. The third-order valence-corrected chi connectivity index (χ3v) is 0.969. The van der Waals surface area contributed by atoms with Crippen molar-refractivity contribution in [2.24, 2.45) is 11.5 Å². The Morgan fingerprint density at radius 2 is 1.07 bits per heavy atom. The minimum Gasteiger partial charge on any atom is -0.387 e. The highest BCUT2D eigenvalue weighted by Crippen LogP contribution is 1.85. The molecule has 0 radical (unpaired) electrons. The maximum Gasteiger partial charge on any atom is 0.338 e. The van der Waals surface area contributed by atoms with Crippen LogP contribution in [0.4, 0.5) is 0 Å². The molecule has 0 heterocycles. The molecular formula is C8H8N2O5. The molecule has 0 aromatic carbocycles. The van der Waals surface area contributed by atoms with Gasteiger partial charge in [-0.15, -0.1) is 0 Å². The Labute approximate surface area is 84.4 Å². The Morgan fingerprint density at radius 1 is 0.733 bits per heavy atom. The van der Waals surface area contributed by atoms with Crippen molar-refractivity contribution in [3.63, 3.8) is 0 Å². The van der Waals surface area contributed by atoms with Gasteiger partial charge in [0.1, 0.15) is 0 Å². The van der Waals surface area contributed by atoms with Crippen molar-refractivity contribution in [3.05, 3.63) is 24.3 Å². The second-order valence-corrected chi connectivity index (χ2v) is 2.21. The third-order valence-electron chi connectivity index (χ3n) is 0.969. The molecule has 15 heavy (non-hydrogen) atoms. The number of esters is 2. The van der Waals surface area contributed by atoms with Gasteiger partial charge in [0.2, 0.25) is 11.8 Å². The van der Waals surface area contributed by atoms with Gasteiger partial charge in [-0.3, -0.25) is 9.59 Å². The fraction of sp³-hybridized carbons (Fsp3) is 0. The second kappa shape index (κ2) is 6.08. The number of primary amides is 2. The van der Waals surface area contributed by atoms with Crippen molar-refractivity contribution >= 4 is 23.8 Å². The molecule has 0 aromatic rings. The quantitative estimate of drug-likeness (QED) is 0.320. The van der Waals surface area contributed by atoms with Crippen molar-refractivity contribution in [1.82, 2.24) is 0 Å². The molecule has 0 aliphatic carbocycles. The number of amides is 2. The zero-order chi connectivity index (χ0) is 11.8. The Balaban J connectivity index is 4.14. The van der Waals surface area contributed by atoms with E-state index in [9.17, 15) is 19.2 Å². The number of carbonyl (C=O) groups excluding carboxylic acids is 4. The van der Waals surface area contributed by atoms with Gasteiger partial charge in [-0.25, -0.2) is 9.59 Å². The van der Waals surface area contributed by atoms with Gasteiger partial charge in [0.05, 0.1) is 0 Å². The standard InChI is InChI=1S/C8H8N2O5/c9-5(11)1-3-7(13)15-8(14)4-2-6(10)12/h1-4H,(H2,9,11)(H2,10,12)/b3-1-,4-2-. The molecule has 0 fully saturated rings. The van der Waals surface area contributed by atoms with Crippen molar-refractivity contribution < 1.29 is 23.9 Å². The number of hydrogen-bond donors (Lipinski definition) is 2. The third kappa shape index (κ3) is 7.91. The maximum absolute atomic E-state index is 10.7. The van der Waals surface area contributed by atoms with Gasteiger partial charge in [-0.1, -0.05) is 0 Å². The molecule has 7 heteroatoms. The number of hydrogen-bond acceptors (Lipinski definition) is 5. The van der Waals surface area contributed by atoms with Crippen LogP contribution in [0.1, 0.15) is 0 Å². The van der Waals surface area contributed by atoms with Gasteiger partial charge in [0.15, 0.2) is 0 Å². The summed E-state index contributed by atoms with van der Waals surface area (Å²) in [6.45, 7) is 0. The first-order valence-electron chi connectivity index (χ1n) is 3.62. The maximum atomic E-state index is 10.7. The van der Waals surface area contributed by atoms with E-state index in [0.29, 0.717) is 12.2 Å². The van der Waals surface area contributed by atoms with E-state index >= 15 is 0 Å². The average molecular weight is 212 g/mol. The monoisotopic (exact) mass is 212 g/mol.